The van der Waals surface area contributed by atoms with Crippen LogP contribution in [0.15, 0.2) is 18.6 Å². The summed E-state index contributed by atoms with van der Waals surface area (Å²) in [6, 6.07) is 0.148. The van der Waals surface area contributed by atoms with E-state index in [1.54, 1.807) is 18.6 Å². The van der Waals surface area contributed by atoms with Crippen LogP contribution in [0, 0.1) is 0 Å². The Hall–Kier alpha value is -1.00. The molecule has 1 N–H and O–H groups in total. The molecule has 84 valence electrons. The van der Waals surface area contributed by atoms with Gasteiger partial charge in [-0.25, -0.2) is 0 Å². The summed E-state index contributed by atoms with van der Waals surface area (Å²) in [5.41, 5.74) is 0.940. The average molecular weight is 209 g/mol. The van der Waals surface area contributed by atoms with Gasteiger partial charge in [0.1, 0.15) is 0 Å². The molecule has 15 heavy (non-hydrogen) atoms. The normalized spacial score (nSPS) is 12.7. The van der Waals surface area contributed by atoms with Crippen molar-refractivity contribution in [3.05, 3.63) is 24.3 Å². The van der Waals surface area contributed by atoms with E-state index in [0.717, 1.165) is 25.3 Å². The van der Waals surface area contributed by atoms with Gasteiger partial charge >= 0.3 is 0 Å². The van der Waals surface area contributed by atoms with Gasteiger partial charge in [0, 0.05) is 19.0 Å². The van der Waals surface area contributed by atoms with Gasteiger partial charge in [-0.1, -0.05) is 13.8 Å². The zero-order chi connectivity index (χ0) is 10.9. The van der Waals surface area contributed by atoms with Crippen molar-refractivity contribution in [3.8, 4) is 0 Å². The van der Waals surface area contributed by atoms with Crippen molar-refractivity contribution < 1.29 is 4.74 Å². The lowest BCUT2D eigenvalue weighted by Gasteiger charge is -2.16. The molecule has 0 fully saturated rings. The highest BCUT2D eigenvalue weighted by molar-refractivity contribution is 5.02. The van der Waals surface area contributed by atoms with Crippen LogP contribution >= 0.6 is 0 Å². The Bertz CT molecular complexity index is 253. The number of hydrogen-bond acceptors (Lipinski definition) is 4. The Balaban J connectivity index is 2.50. The molecule has 0 bridgehead atoms. The van der Waals surface area contributed by atoms with Crippen molar-refractivity contribution in [1.29, 1.82) is 0 Å². The number of aromatic nitrogens is 2. The molecule has 1 aromatic rings. The predicted molar refractivity (Wildman–Crippen MR) is 59.6 cm³/mol. The lowest BCUT2D eigenvalue weighted by molar-refractivity contribution is 0.111. The first-order valence-corrected chi connectivity index (χ1v) is 5.45. The van der Waals surface area contributed by atoms with Crippen LogP contribution in [-0.4, -0.2) is 29.7 Å². The molecule has 1 unspecified atom stereocenters. The summed E-state index contributed by atoms with van der Waals surface area (Å²) in [5.74, 6) is 0. The van der Waals surface area contributed by atoms with Crippen molar-refractivity contribution in [2.24, 2.45) is 0 Å². The first-order chi connectivity index (χ1) is 7.38. The average Bonchev–Trinajstić information content (AvgIpc) is 2.29. The Kier molecular flexibility index (Phi) is 5.88. The first kappa shape index (κ1) is 12.1. The van der Waals surface area contributed by atoms with Gasteiger partial charge < -0.3 is 10.1 Å². The first-order valence-electron chi connectivity index (χ1n) is 5.45. The summed E-state index contributed by atoms with van der Waals surface area (Å²) in [7, 11) is 0. The lowest BCUT2D eigenvalue weighted by atomic mass is 10.2. The third kappa shape index (κ3) is 4.36. The fourth-order valence-electron chi connectivity index (χ4n) is 1.33. The molecule has 1 atom stereocenters. The molecule has 1 heterocycles. The van der Waals surface area contributed by atoms with Crippen molar-refractivity contribution >= 4 is 0 Å². The van der Waals surface area contributed by atoms with Crippen LogP contribution < -0.4 is 5.32 Å². The second-order valence-electron chi connectivity index (χ2n) is 3.32. The van der Waals surface area contributed by atoms with E-state index < -0.39 is 0 Å². The maximum absolute atomic E-state index is 5.52. The van der Waals surface area contributed by atoms with Crippen molar-refractivity contribution in [1.82, 2.24) is 15.3 Å². The van der Waals surface area contributed by atoms with E-state index in [4.69, 9.17) is 4.74 Å². The van der Waals surface area contributed by atoms with E-state index in [2.05, 4.69) is 29.1 Å². The standard InChI is InChI=1S/C11H19N3O/c1-3-7-15-9-11(13-4-2)10-8-12-5-6-14-10/h5-6,8,11,13H,3-4,7,9H2,1-2H3. The van der Waals surface area contributed by atoms with E-state index in [1.165, 1.54) is 0 Å². The van der Waals surface area contributed by atoms with Crippen LogP contribution in [0.2, 0.25) is 0 Å². The SMILES string of the molecule is CCCOCC(NCC)c1cnccn1. The summed E-state index contributed by atoms with van der Waals surface area (Å²) in [5, 5.41) is 3.33. The van der Waals surface area contributed by atoms with Crippen molar-refractivity contribution in [3.63, 3.8) is 0 Å². The van der Waals surface area contributed by atoms with E-state index >= 15 is 0 Å². The minimum absolute atomic E-state index is 0.148. The minimum Gasteiger partial charge on any atom is -0.379 e. The van der Waals surface area contributed by atoms with Crippen LogP contribution in [0.1, 0.15) is 32.0 Å². The second kappa shape index (κ2) is 7.31. The largest absolute Gasteiger partial charge is 0.379 e. The van der Waals surface area contributed by atoms with Crippen molar-refractivity contribution in [2.75, 3.05) is 19.8 Å². The molecule has 1 aromatic heterocycles. The van der Waals surface area contributed by atoms with Crippen LogP contribution in [0.25, 0.3) is 0 Å². The van der Waals surface area contributed by atoms with Gasteiger partial charge in [-0.3, -0.25) is 9.97 Å². The maximum atomic E-state index is 5.52. The number of ether oxygens (including phenoxy) is 1. The van der Waals surface area contributed by atoms with Gasteiger partial charge in [-0.05, 0) is 13.0 Å². The van der Waals surface area contributed by atoms with Crippen LogP contribution in [0.3, 0.4) is 0 Å². The van der Waals surface area contributed by atoms with Gasteiger partial charge in [-0.2, -0.15) is 0 Å². The van der Waals surface area contributed by atoms with E-state index in [9.17, 15) is 0 Å². The molecule has 0 aliphatic carbocycles. The molecule has 0 aliphatic heterocycles. The molecule has 0 aliphatic rings. The second-order valence-corrected chi connectivity index (χ2v) is 3.32. The predicted octanol–water partition coefficient (Wildman–Crippen LogP) is 1.55. The van der Waals surface area contributed by atoms with Gasteiger partial charge in [0.2, 0.25) is 0 Å². The van der Waals surface area contributed by atoms with E-state index in [-0.39, 0.29) is 6.04 Å². The molecule has 0 radical (unpaired) electrons. The summed E-state index contributed by atoms with van der Waals surface area (Å²) < 4.78 is 5.52. The van der Waals surface area contributed by atoms with Crippen LogP contribution in [-0.2, 0) is 4.74 Å². The number of nitrogens with one attached hydrogen (secondary N) is 1. The molecule has 1 rings (SSSR count). The molecular formula is C11H19N3O. The van der Waals surface area contributed by atoms with Crippen LogP contribution in [0.4, 0.5) is 0 Å². The van der Waals surface area contributed by atoms with Gasteiger partial charge in [-0.15, -0.1) is 0 Å². The summed E-state index contributed by atoms with van der Waals surface area (Å²) in [6.07, 6.45) is 6.21. The number of likely N-dealkylation sites (N-methyl/N-ethyl adjacent to an activating group) is 1. The number of nitrogens with zero attached hydrogens (tertiary/aromatic N) is 2. The molecule has 0 saturated carbocycles. The van der Waals surface area contributed by atoms with Gasteiger partial charge in [0.05, 0.1) is 24.5 Å². The molecule has 0 aromatic carbocycles. The molecule has 0 amide bonds. The number of hydrogen-bond donors (Lipinski definition) is 1. The summed E-state index contributed by atoms with van der Waals surface area (Å²) in [4.78, 5) is 8.33. The van der Waals surface area contributed by atoms with Crippen LogP contribution in [0.5, 0.6) is 0 Å². The molecule has 0 spiro atoms. The zero-order valence-electron chi connectivity index (χ0n) is 9.44. The van der Waals surface area contributed by atoms with E-state index in [0.29, 0.717) is 6.61 Å². The fourth-order valence-corrected chi connectivity index (χ4v) is 1.33. The molecule has 0 saturated heterocycles. The summed E-state index contributed by atoms with van der Waals surface area (Å²) >= 11 is 0. The fraction of sp³-hybridized carbons (Fsp3) is 0.636. The maximum Gasteiger partial charge on any atom is 0.0779 e. The van der Waals surface area contributed by atoms with E-state index in [1.807, 2.05) is 0 Å². The highest BCUT2D eigenvalue weighted by Gasteiger charge is 2.11. The Labute approximate surface area is 91.1 Å². The highest BCUT2D eigenvalue weighted by Crippen LogP contribution is 2.08. The Morgan fingerprint density at radius 2 is 2.27 bits per heavy atom. The van der Waals surface area contributed by atoms with Crippen molar-refractivity contribution in [2.45, 2.75) is 26.3 Å². The third-order valence-electron chi connectivity index (χ3n) is 2.02. The lowest BCUT2D eigenvalue weighted by Crippen LogP contribution is -2.26. The Morgan fingerprint density at radius 1 is 1.40 bits per heavy atom. The summed E-state index contributed by atoms with van der Waals surface area (Å²) in [6.45, 7) is 6.52. The van der Waals surface area contributed by atoms with Gasteiger partial charge in [0.15, 0.2) is 0 Å². The molecule has 4 nitrogen and oxygen atoms in total. The molecule has 4 heteroatoms. The van der Waals surface area contributed by atoms with Gasteiger partial charge in [0.25, 0.3) is 0 Å². The Morgan fingerprint density at radius 3 is 2.87 bits per heavy atom. The number of rotatable bonds is 7. The molecular weight excluding hydrogens is 190 g/mol. The smallest absolute Gasteiger partial charge is 0.0779 e. The monoisotopic (exact) mass is 209 g/mol. The third-order valence-corrected chi connectivity index (χ3v) is 2.02. The quantitative estimate of drug-likeness (QED) is 0.692. The zero-order valence-corrected chi connectivity index (χ0v) is 9.44. The highest BCUT2D eigenvalue weighted by atomic mass is 16.5. The topological polar surface area (TPSA) is 47.0 Å². The minimum atomic E-state index is 0.148.